The molecule has 2 rings (SSSR count). The van der Waals surface area contributed by atoms with E-state index in [2.05, 4.69) is 12.7 Å². The summed E-state index contributed by atoms with van der Waals surface area (Å²) >= 11 is 1.43. The van der Waals surface area contributed by atoms with E-state index in [9.17, 15) is 13.2 Å². The number of nitrogens with zero attached hydrogens (tertiary/aromatic N) is 1. The van der Waals surface area contributed by atoms with Crippen molar-refractivity contribution in [3.8, 4) is 5.75 Å². The van der Waals surface area contributed by atoms with Gasteiger partial charge in [0.25, 0.3) is 6.43 Å². The molecule has 1 aliphatic heterocycles. The smallest absolute Gasteiger partial charge is 0.256 e. The van der Waals surface area contributed by atoms with Crippen molar-refractivity contribution in [2.24, 2.45) is 0 Å². The van der Waals surface area contributed by atoms with Crippen LogP contribution in [0.2, 0.25) is 0 Å². The minimum absolute atomic E-state index is 0. The number of allylic oxidation sites excluding steroid dienone is 3. The van der Waals surface area contributed by atoms with Gasteiger partial charge in [0.2, 0.25) is 0 Å². The van der Waals surface area contributed by atoms with E-state index in [1.807, 2.05) is 6.26 Å². The van der Waals surface area contributed by atoms with Crippen LogP contribution < -0.4 is 4.74 Å². The van der Waals surface area contributed by atoms with E-state index >= 15 is 0 Å². The monoisotopic (exact) mass is 415 g/mol. The van der Waals surface area contributed by atoms with E-state index in [-0.39, 0.29) is 44.0 Å². The second-order valence-corrected chi connectivity index (χ2v) is 5.30. The van der Waals surface area contributed by atoms with Crippen LogP contribution in [0.25, 0.3) is 5.70 Å². The second kappa shape index (κ2) is 9.55. The fourth-order valence-corrected chi connectivity index (χ4v) is 2.30. The third-order valence-electron chi connectivity index (χ3n) is 2.98. The van der Waals surface area contributed by atoms with Gasteiger partial charge in [-0.05, 0) is 29.6 Å². The summed E-state index contributed by atoms with van der Waals surface area (Å²) in [5.41, 5.74) is 0.665. The van der Waals surface area contributed by atoms with Gasteiger partial charge in [-0.2, -0.15) is 12.2 Å². The molecule has 1 aliphatic rings. The van der Waals surface area contributed by atoms with Crippen molar-refractivity contribution in [1.29, 1.82) is 0 Å². The zero-order valence-corrected chi connectivity index (χ0v) is 16.2. The molecule has 0 atom stereocenters. The van der Waals surface area contributed by atoms with E-state index in [4.69, 9.17) is 4.74 Å². The summed E-state index contributed by atoms with van der Waals surface area (Å²) in [6.07, 6.45) is 5.17. The van der Waals surface area contributed by atoms with Crippen molar-refractivity contribution in [1.82, 2.24) is 4.90 Å². The fraction of sp³-hybridized carbons (Fsp3) is 0.250. The van der Waals surface area contributed by atoms with Gasteiger partial charge in [-0.15, -0.1) is 17.8 Å². The van der Waals surface area contributed by atoms with Crippen molar-refractivity contribution < 1.29 is 50.6 Å². The molecule has 0 fully saturated rings. The predicted octanol–water partition coefficient (Wildman–Crippen LogP) is 4.32. The van der Waals surface area contributed by atoms with E-state index in [0.29, 0.717) is 17.4 Å². The number of benzene rings is 1. The number of hydrogen-bond donors (Lipinski definition) is 0. The van der Waals surface area contributed by atoms with Gasteiger partial charge in [-0.3, -0.25) is 0 Å². The molecule has 1 aromatic rings. The maximum absolute atomic E-state index is 14.3. The Morgan fingerprint density at radius 1 is 1.39 bits per heavy atom. The van der Waals surface area contributed by atoms with Crippen molar-refractivity contribution in [2.75, 3.05) is 18.7 Å². The molecule has 121 valence electrons. The molecule has 23 heavy (non-hydrogen) atoms. The molecule has 0 saturated heterocycles. The molecular weight excluding hydrogens is 400 g/mol. The molecule has 0 unspecified atom stereocenters. The van der Waals surface area contributed by atoms with Crippen LogP contribution in [0.3, 0.4) is 0 Å². The fourth-order valence-electron chi connectivity index (χ4n) is 2.06. The Kier molecular flexibility index (Phi) is 8.44. The van der Waals surface area contributed by atoms with E-state index in [0.717, 1.165) is 0 Å². The Morgan fingerprint density at radius 2 is 2.13 bits per heavy atom. The first kappa shape index (κ1) is 20.3. The molecule has 0 spiro atoms. The van der Waals surface area contributed by atoms with Crippen molar-refractivity contribution >= 4 is 17.5 Å². The summed E-state index contributed by atoms with van der Waals surface area (Å²) in [6.45, 7) is 3.14. The van der Waals surface area contributed by atoms with E-state index < -0.39 is 18.8 Å². The second-order valence-electron chi connectivity index (χ2n) is 4.48. The maximum atomic E-state index is 14.3. The minimum Gasteiger partial charge on any atom is -0.495 e. The van der Waals surface area contributed by atoms with Crippen LogP contribution in [-0.4, -0.2) is 30.1 Å². The third kappa shape index (κ3) is 5.13. The van der Waals surface area contributed by atoms with E-state index in [1.165, 1.54) is 34.9 Å². The minimum atomic E-state index is -2.58. The van der Waals surface area contributed by atoms with Crippen LogP contribution in [0.1, 0.15) is 5.56 Å². The Hall–Kier alpha value is -0.716. The van der Waals surface area contributed by atoms with Gasteiger partial charge in [-0.1, -0.05) is 18.3 Å². The number of halogens is 3. The Bertz CT molecular complexity index is 619. The van der Waals surface area contributed by atoms with Crippen LogP contribution in [0.15, 0.2) is 42.6 Å². The Balaban J connectivity index is 0.00000264. The van der Waals surface area contributed by atoms with Crippen LogP contribution in [-0.2, 0) is 32.7 Å². The average molecular weight is 415 g/mol. The van der Waals surface area contributed by atoms with Gasteiger partial charge < -0.3 is 9.64 Å². The molecule has 1 aromatic carbocycles. The first-order valence-electron chi connectivity index (χ1n) is 6.50. The van der Waals surface area contributed by atoms with Crippen molar-refractivity contribution in [3.05, 3.63) is 60.1 Å². The van der Waals surface area contributed by atoms with Crippen LogP contribution in [0, 0.1) is 11.9 Å². The van der Waals surface area contributed by atoms with Crippen LogP contribution >= 0.6 is 11.8 Å². The number of alkyl halides is 2. The molecule has 1 radical (unpaired) electrons. The summed E-state index contributed by atoms with van der Waals surface area (Å²) in [4.78, 5) is 1.25. The zero-order valence-electron chi connectivity index (χ0n) is 12.6. The number of thioether (sulfide) groups is 1. The number of hydrogen-bond acceptors (Lipinski definition) is 3. The van der Waals surface area contributed by atoms with Gasteiger partial charge in [0.1, 0.15) is 5.94 Å². The largest absolute Gasteiger partial charge is 0.495 e. The summed E-state index contributed by atoms with van der Waals surface area (Å²) in [5.74, 6) is 0.0673. The van der Waals surface area contributed by atoms with Crippen LogP contribution in [0.4, 0.5) is 13.2 Å². The molecule has 0 N–H and O–H groups in total. The standard InChI is InChI=1S/C16H15F3NOS.Y/c1-11-5-3-7-13(20(11)9-15(18)19)16-12(17)6-4-8-14(16)21-10-22-2;/h3-6,8,15H,1,9-10H2,2H3;/q-1;. The molecule has 0 amide bonds. The SMILES string of the molecule is C=C1C=C[C-]=C(c2c(F)cccc2OCSC)N1CC(F)F.[Y]. The van der Waals surface area contributed by atoms with Gasteiger partial charge in [0.15, 0.2) is 0 Å². The Labute approximate surface area is 163 Å². The van der Waals surface area contributed by atoms with Gasteiger partial charge in [0.05, 0.1) is 18.1 Å². The van der Waals surface area contributed by atoms with Crippen LogP contribution in [0.5, 0.6) is 5.75 Å². The molecule has 1 heterocycles. The van der Waals surface area contributed by atoms with Crippen molar-refractivity contribution in [2.45, 2.75) is 6.43 Å². The average Bonchev–Trinajstić information content (AvgIpc) is 2.47. The summed E-state index contributed by atoms with van der Waals surface area (Å²) < 4.78 is 45.4. The molecule has 2 nitrogen and oxygen atoms in total. The first-order chi connectivity index (χ1) is 10.5. The number of rotatable bonds is 6. The first-order valence-corrected chi connectivity index (χ1v) is 7.89. The quantitative estimate of drug-likeness (QED) is 0.508. The molecule has 0 bridgehead atoms. The molecule has 0 saturated carbocycles. The zero-order chi connectivity index (χ0) is 16.1. The van der Waals surface area contributed by atoms with Crippen molar-refractivity contribution in [3.63, 3.8) is 0 Å². The van der Waals surface area contributed by atoms with Gasteiger partial charge in [-0.25, -0.2) is 13.2 Å². The predicted molar refractivity (Wildman–Crippen MR) is 83.1 cm³/mol. The number of ether oxygens (including phenoxy) is 1. The summed E-state index contributed by atoms with van der Waals surface area (Å²) in [6, 6.07) is 4.38. The third-order valence-corrected chi connectivity index (χ3v) is 3.33. The maximum Gasteiger partial charge on any atom is 0.256 e. The Morgan fingerprint density at radius 3 is 2.78 bits per heavy atom. The summed E-state index contributed by atoms with van der Waals surface area (Å²) in [5, 5.41) is 0. The van der Waals surface area contributed by atoms with Gasteiger partial charge in [0, 0.05) is 32.7 Å². The van der Waals surface area contributed by atoms with E-state index in [1.54, 1.807) is 12.1 Å². The molecule has 0 aliphatic carbocycles. The summed E-state index contributed by atoms with van der Waals surface area (Å²) in [7, 11) is 0. The molecule has 7 heteroatoms. The topological polar surface area (TPSA) is 12.5 Å². The van der Waals surface area contributed by atoms with Gasteiger partial charge >= 0.3 is 0 Å². The normalized spacial score (nSPS) is 13.9. The molecular formula is C16H15F3NOSY-. The molecule has 0 aromatic heterocycles.